The molecule has 1 aliphatic rings. The molecule has 0 atom stereocenters. The number of nitrogens with zero attached hydrogens (tertiary/aromatic N) is 3. The number of aryl methyl sites for hydroxylation is 2. The van der Waals surface area contributed by atoms with Crippen molar-refractivity contribution >= 4 is 23.4 Å². The molecule has 1 N–H and O–H groups in total. The van der Waals surface area contributed by atoms with Crippen LogP contribution in [0, 0.1) is 17.6 Å². The van der Waals surface area contributed by atoms with Crippen molar-refractivity contribution in [1.29, 1.82) is 0 Å². The second-order valence-electron chi connectivity index (χ2n) is 4.94. The van der Waals surface area contributed by atoms with Crippen LogP contribution in [0.4, 0.5) is 0 Å². The van der Waals surface area contributed by atoms with Gasteiger partial charge < -0.3 is 9.55 Å². The molecule has 5 heteroatoms. The Morgan fingerprint density at radius 2 is 2.24 bits per heavy atom. The maximum Gasteiger partial charge on any atom is 0.179 e. The molecule has 1 fully saturated rings. The molecule has 0 radical (unpaired) electrons. The smallest absolute Gasteiger partial charge is 0.179 e. The zero-order valence-corrected chi connectivity index (χ0v) is 11.2. The molecule has 17 heavy (non-hydrogen) atoms. The summed E-state index contributed by atoms with van der Waals surface area (Å²) in [5.74, 6) is 0.807. The Bertz CT molecular complexity index is 600. The molecule has 0 saturated heterocycles. The minimum atomic E-state index is 0.807. The van der Waals surface area contributed by atoms with E-state index in [-0.39, 0.29) is 0 Å². The van der Waals surface area contributed by atoms with Gasteiger partial charge in [-0.05, 0) is 44.8 Å². The van der Waals surface area contributed by atoms with E-state index in [2.05, 4.69) is 26.3 Å². The van der Waals surface area contributed by atoms with Crippen molar-refractivity contribution in [3.05, 3.63) is 10.5 Å². The predicted octanol–water partition coefficient (Wildman–Crippen LogP) is 3.02. The maximum atomic E-state index is 5.43. The number of hydrogen-bond donors (Lipinski definition) is 1. The fraction of sp³-hybridized carbons (Fsp3) is 0.667. The first-order chi connectivity index (χ1) is 8.20. The first-order valence-electron chi connectivity index (χ1n) is 6.36. The van der Waals surface area contributed by atoms with Crippen molar-refractivity contribution in [2.45, 2.75) is 46.2 Å². The van der Waals surface area contributed by atoms with Crippen molar-refractivity contribution in [1.82, 2.24) is 19.3 Å². The quantitative estimate of drug-likeness (QED) is 0.850. The lowest BCUT2D eigenvalue weighted by atomic mass is 9.85. The van der Waals surface area contributed by atoms with E-state index in [4.69, 9.17) is 12.2 Å². The van der Waals surface area contributed by atoms with Gasteiger partial charge in [0.05, 0.1) is 5.69 Å². The molecule has 1 saturated carbocycles. The molecule has 0 spiro atoms. The van der Waals surface area contributed by atoms with Gasteiger partial charge in [-0.1, -0.05) is 6.42 Å². The number of rotatable bonds is 3. The monoisotopic (exact) mass is 250 g/mol. The zero-order chi connectivity index (χ0) is 12.0. The van der Waals surface area contributed by atoms with Gasteiger partial charge in [-0.2, -0.15) is 5.10 Å². The van der Waals surface area contributed by atoms with Crippen LogP contribution in [0.2, 0.25) is 0 Å². The lowest BCUT2D eigenvalue weighted by Crippen LogP contribution is -2.19. The number of hydrogen-bond acceptors (Lipinski definition) is 2. The van der Waals surface area contributed by atoms with Crippen molar-refractivity contribution in [3.8, 4) is 0 Å². The summed E-state index contributed by atoms with van der Waals surface area (Å²) in [5, 5.41) is 4.54. The summed E-state index contributed by atoms with van der Waals surface area (Å²) in [6.45, 7) is 6.09. The first-order valence-corrected chi connectivity index (χ1v) is 6.77. The summed E-state index contributed by atoms with van der Waals surface area (Å²) < 4.78 is 5.13. The molecule has 0 bridgehead atoms. The predicted molar refractivity (Wildman–Crippen MR) is 70.7 cm³/mol. The third-order valence-corrected chi connectivity index (χ3v) is 4.12. The van der Waals surface area contributed by atoms with Gasteiger partial charge >= 0.3 is 0 Å². The van der Waals surface area contributed by atoms with Gasteiger partial charge in [0.15, 0.2) is 10.4 Å². The van der Waals surface area contributed by atoms with Crippen LogP contribution >= 0.6 is 12.2 Å². The minimum absolute atomic E-state index is 0.807. The Kier molecular flexibility index (Phi) is 2.58. The molecule has 3 rings (SSSR count). The van der Waals surface area contributed by atoms with Gasteiger partial charge in [0.1, 0.15) is 5.52 Å². The van der Waals surface area contributed by atoms with E-state index in [0.29, 0.717) is 0 Å². The highest BCUT2D eigenvalue weighted by molar-refractivity contribution is 7.71. The van der Waals surface area contributed by atoms with E-state index in [1.807, 2.05) is 6.92 Å². The number of fused-ring (bicyclic) bond motifs is 1. The van der Waals surface area contributed by atoms with Crippen molar-refractivity contribution in [3.63, 3.8) is 0 Å². The van der Waals surface area contributed by atoms with Crippen LogP contribution in [0.15, 0.2) is 0 Å². The third-order valence-electron chi connectivity index (χ3n) is 3.80. The van der Waals surface area contributed by atoms with Crippen LogP contribution in [-0.4, -0.2) is 19.3 Å². The second kappa shape index (κ2) is 3.98. The Morgan fingerprint density at radius 3 is 2.82 bits per heavy atom. The van der Waals surface area contributed by atoms with Crippen molar-refractivity contribution in [2.75, 3.05) is 0 Å². The number of aromatic amines is 1. The van der Waals surface area contributed by atoms with Crippen LogP contribution in [0.25, 0.3) is 11.2 Å². The van der Waals surface area contributed by atoms with E-state index in [9.17, 15) is 0 Å². The van der Waals surface area contributed by atoms with Crippen molar-refractivity contribution in [2.24, 2.45) is 5.92 Å². The molecular formula is C12H18N4S. The third kappa shape index (κ3) is 1.64. The van der Waals surface area contributed by atoms with E-state index >= 15 is 0 Å². The minimum Gasteiger partial charge on any atom is -0.328 e. The SMILES string of the molecule is CCn1nc(C)c2[nH]c(=S)n(CC3CCC3)c21. The van der Waals surface area contributed by atoms with E-state index in [0.717, 1.165) is 35.0 Å². The summed E-state index contributed by atoms with van der Waals surface area (Å²) in [6.07, 6.45) is 4.05. The summed E-state index contributed by atoms with van der Waals surface area (Å²) in [6, 6.07) is 0. The van der Waals surface area contributed by atoms with Crippen LogP contribution in [-0.2, 0) is 13.1 Å². The Balaban J connectivity index is 2.13. The first kappa shape index (κ1) is 11.0. The number of nitrogens with one attached hydrogen (secondary N) is 1. The van der Waals surface area contributed by atoms with Crippen LogP contribution < -0.4 is 0 Å². The molecule has 0 aromatic carbocycles. The highest BCUT2D eigenvalue weighted by Gasteiger charge is 2.21. The number of H-pyrrole nitrogens is 1. The molecule has 2 aromatic heterocycles. The lowest BCUT2D eigenvalue weighted by Gasteiger charge is -2.25. The van der Waals surface area contributed by atoms with Gasteiger partial charge in [0, 0.05) is 13.1 Å². The average Bonchev–Trinajstić information content (AvgIpc) is 2.71. The Morgan fingerprint density at radius 1 is 1.47 bits per heavy atom. The van der Waals surface area contributed by atoms with Crippen LogP contribution in [0.5, 0.6) is 0 Å². The van der Waals surface area contributed by atoms with E-state index in [1.165, 1.54) is 24.9 Å². The van der Waals surface area contributed by atoms with Gasteiger partial charge in [-0.15, -0.1) is 0 Å². The normalized spacial score (nSPS) is 16.6. The summed E-state index contributed by atoms with van der Waals surface area (Å²) >= 11 is 5.43. The average molecular weight is 250 g/mol. The largest absolute Gasteiger partial charge is 0.328 e. The van der Waals surface area contributed by atoms with Crippen LogP contribution in [0.3, 0.4) is 0 Å². The summed E-state index contributed by atoms with van der Waals surface area (Å²) in [5.41, 5.74) is 3.32. The molecule has 4 nitrogen and oxygen atoms in total. The van der Waals surface area contributed by atoms with Gasteiger partial charge in [0.2, 0.25) is 0 Å². The van der Waals surface area contributed by atoms with Gasteiger partial charge in [0.25, 0.3) is 0 Å². The lowest BCUT2D eigenvalue weighted by molar-refractivity contribution is 0.277. The number of imidazole rings is 1. The van der Waals surface area contributed by atoms with Gasteiger partial charge in [-0.3, -0.25) is 0 Å². The van der Waals surface area contributed by atoms with Gasteiger partial charge in [-0.25, -0.2) is 4.68 Å². The fourth-order valence-electron chi connectivity index (χ4n) is 2.58. The van der Waals surface area contributed by atoms with E-state index < -0.39 is 0 Å². The highest BCUT2D eigenvalue weighted by Crippen LogP contribution is 2.29. The van der Waals surface area contributed by atoms with E-state index in [1.54, 1.807) is 0 Å². The molecule has 0 aliphatic heterocycles. The molecule has 0 unspecified atom stereocenters. The second-order valence-corrected chi connectivity index (χ2v) is 5.32. The van der Waals surface area contributed by atoms with Crippen LogP contribution in [0.1, 0.15) is 31.9 Å². The van der Waals surface area contributed by atoms with Crippen molar-refractivity contribution < 1.29 is 0 Å². The number of aromatic nitrogens is 4. The molecule has 1 aliphatic carbocycles. The Hall–Kier alpha value is -1.10. The zero-order valence-electron chi connectivity index (χ0n) is 10.4. The standard InChI is InChI=1S/C12H18N4S/c1-3-16-11-10(8(2)14-16)13-12(17)15(11)7-9-5-4-6-9/h9H,3-7H2,1-2H3,(H,13,17). The topological polar surface area (TPSA) is 38.5 Å². The molecular weight excluding hydrogens is 232 g/mol. The molecule has 2 aromatic rings. The fourth-order valence-corrected chi connectivity index (χ4v) is 2.85. The summed E-state index contributed by atoms with van der Waals surface area (Å²) in [7, 11) is 0. The molecule has 92 valence electrons. The Labute approximate surface area is 106 Å². The molecule has 2 heterocycles. The highest BCUT2D eigenvalue weighted by atomic mass is 32.1. The molecule has 0 amide bonds. The maximum absolute atomic E-state index is 5.43. The summed E-state index contributed by atoms with van der Waals surface area (Å²) in [4.78, 5) is 3.30.